The lowest BCUT2D eigenvalue weighted by atomic mass is 9.99. The quantitative estimate of drug-likeness (QED) is 0.276. The molecular formula is C25H22F3N3O5. The molecule has 0 saturated heterocycles. The third-order valence-corrected chi connectivity index (χ3v) is 5.21. The fraction of sp³-hybridized carbons (Fsp3) is 0.160. The Labute approximate surface area is 203 Å². The zero-order valence-corrected chi connectivity index (χ0v) is 18.9. The van der Waals surface area contributed by atoms with Crippen molar-refractivity contribution in [2.24, 2.45) is 0 Å². The number of carbonyl (C=O) groups excluding carboxylic acids is 2. The van der Waals surface area contributed by atoms with Crippen molar-refractivity contribution in [1.29, 1.82) is 0 Å². The molecule has 188 valence electrons. The molecule has 5 N–H and O–H groups in total. The predicted molar refractivity (Wildman–Crippen MR) is 127 cm³/mol. The van der Waals surface area contributed by atoms with E-state index in [-0.39, 0.29) is 23.4 Å². The monoisotopic (exact) mass is 501 g/mol. The maximum absolute atomic E-state index is 13.1. The smallest absolute Gasteiger partial charge is 0.418 e. The van der Waals surface area contributed by atoms with E-state index in [4.69, 9.17) is 5.11 Å². The number of carboxylic acids is 1. The number of halogens is 3. The van der Waals surface area contributed by atoms with Gasteiger partial charge < -0.3 is 26.2 Å². The van der Waals surface area contributed by atoms with E-state index < -0.39 is 35.6 Å². The molecule has 0 aliphatic heterocycles. The lowest BCUT2D eigenvalue weighted by Crippen LogP contribution is -2.21. The van der Waals surface area contributed by atoms with Gasteiger partial charge in [0.2, 0.25) is 5.91 Å². The second kappa shape index (κ2) is 10.8. The van der Waals surface area contributed by atoms with Crippen LogP contribution in [0.2, 0.25) is 0 Å². The van der Waals surface area contributed by atoms with E-state index in [2.05, 4.69) is 16.0 Å². The van der Waals surface area contributed by atoms with Crippen LogP contribution in [-0.4, -0.2) is 28.1 Å². The Balaban J connectivity index is 1.59. The Morgan fingerprint density at radius 3 is 2.17 bits per heavy atom. The number of carbonyl (C=O) groups is 3. The number of aromatic hydroxyl groups is 1. The van der Waals surface area contributed by atoms with Gasteiger partial charge in [0.1, 0.15) is 5.75 Å². The third-order valence-electron chi connectivity index (χ3n) is 5.21. The van der Waals surface area contributed by atoms with Gasteiger partial charge in [-0.15, -0.1) is 0 Å². The summed E-state index contributed by atoms with van der Waals surface area (Å²) in [7, 11) is 0. The van der Waals surface area contributed by atoms with E-state index in [9.17, 15) is 32.7 Å². The first-order valence-electron chi connectivity index (χ1n) is 10.6. The minimum atomic E-state index is -4.62. The van der Waals surface area contributed by atoms with Gasteiger partial charge in [-0.05, 0) is 55.0 Å². The summed E-state index contributed by atoms with van der Waals surface area (Å²) in [5, 5.41) is 26.3. The van der Waals surface area contributed by atoms with Gasteiger partial charge in [0.05, 0.1) is 23.6 Å². The molecule has 3 aromatic rings. The van der Waals surface area contributed by atoms with Crippen molar-refractivity contribution in [3.05, 3.63) is 83.4 Å². The summed E-state index contributed by atoms with van der Waals surface area (Å²) in [6.45, 7) is 1.41. The Morgan fingerprint density at radius 1 is 0.889 bits per heavy atom. The molecule has 8 nitrogen and oxygen atoms in total. The number of phenolic OH excluding ortho intramolecular Hbond substituents is 1. The highest BCUT2D eigenvalue weighted by atomic mass is 19.4. The van der Waals surface area contributed by atoms with Gasteiger partial charge in [-0.2, -0.15) is 13.2 Å². The number of anilines is 3. The molecular weight excluding hydrogens is 479 g/mol. The summed E-state index contributed by atoms with van der Waals surface area (Å²) in [6.07, 6.45) is -4.67. The van der Waals surface area contributed by atoms with Gasteiger partial charge in [-0.1, -0.05) is 24.3 Å². The SMILES string of the molecule is CC(C(=O)O)c1cc(NC(=O)Cc2ccc(NC(=O)Nc3ccccc3C(F)(F)F)cc2)ccc1O. The molecule has 0 aromatic heterocycles. The average molecular weight is 501 g/mol. The molecule has 0 bridgehead atoms. The average Bonchev–Trinajstić information content (AvgIpc) is 2.80. The van der Waals surface area contributed by atoms with Gasteiger partial charge in [-0.25, -0.2) is 4.79 Å². The third kappa shape index (κ3) is 6.75. The van der Waals surface area contributed by atoms with Crippen LogP contribution in [-0.2, 0) is 22.2 Å². The van der Waals surface area contributed by atoms with Gasteiger partial charge in [0, 0.05) is 16.9 Å². The molecule has 0 aliphatic carbocycles. The van der Waals surface area contributed by atoms with Crippen molar-refractivity contribution in [2.45, 2.75) is 25.4 Å². The number of benzene rings is 3. The van der Waals surface area contributed by atoms with E-state index in [1.165, 1.54) is 49.4 Å². The number of amides is 3. The molecule has 0 saturated carbocycles. The van der Waals surface area contributed by atoms with E-state index >= 15 is 0 Å². The molecule has 3 aromatic carbocycles. The standard InChI is InChI=1S/C25H22F3N3O5/c1-14(23(34)35)18-13-17(10-11-21(18)32)29-22(33)12-15-6-8-16(9-7-15)30-24(36)31-20-5-3-2-4-19(20)25(26,27)28/h2-11,13-14,32H,12H2,1H3,(H,29,33)(H,34,35)(H2,30,31,36). The van der Waals surface area contributed by atoms with Crippen LogP contribution in [0.15, 0.2) is 66.7 Å². The molecule has 3 rings (SSSR count). The second-order valence-corrected chi connectivity index (χ2v) is 7.88. The number of rotatable bonds is 7. The number of para-hydroxylation sites is 1. The molecule has 0 fully saturated rings. The van der Waals surface area contributed by atoms with Crippen molar-refractivity contribution in [3.8, 4) is 5.75 Å². The zero-order valence-electron chi connectivity index (χ0n) is 18.9. The highest BCUT2D eigenvalue weighted by Gasteiger charge is 2.33. The highest BCUT2D eigenvalue weighted by molar-refractivity contribution is 6.00. The van der Waals surface area contributed by atoms with Crippen LogP contribution in [0.25, 0.3) is 0 Å². The van der Waals surface area contributed by atoms with Crippen LogP contribution in [0, 0.1) is 0 Å². The van der Waals surface area contributed by atoms with Crippen LogP contribution in [0.5, 0.6) is 5.75 Å². The van der Waals surface area contributed by atoms with Crippen LogP contribution in [0.4, 0.5) is 35.0 Å². The maximum atomic E-state index is 13.1. The van der Waals surface area contributed by atoms with Crippen molar-refractivity contribution in [3.63, 3.8) is 0 Å². The number of aliphatic carboxylic acids is 1. The first-order chi connectivity index (χ1) is 16.9. The van der Waals surface area contributed by atoms with Crippen LogP contribution >= 0.6 is 0 Å². The molecule has 0 spiro atoms. The number of hydrogen-bond donors (Lipinski definition) is 5. The van der Waals surface area contributed by atoms with Crippen LogP contribution in [0.1, 0.15) is 29.5 Å². The molecule has 0 heterocycles. The zero-order chi connectivity index (χ0) is 26.5. The van der Waals surface area contributed by atoms with E-state index in [1.54, 1.807) is 12.1 Å². The number of nitrogens with one attached hydrogen (secondary N) is 3. The highest BCUT2D eigenvalue weighted by Crippen LogP contribution is 2.34. The normalized spacial score (nSPS) is 11.9. The minimum absolute atomic E-state index is 0.0455. The molecule has 1 unspecified atom stereocenters. The lowest BCUT2D eigenvalue weighted by Gasteiger charge is -2.14. The Bertz CT molecular complexity index is 1280. The van der Waals surface area contributed by atoms with Gasteiger partial charge in [0.15, 0.2) is 0 Å². The van der Waals surface area contributed by atoms with Crippen LogP contribution in [0.3, 0.4) is 0 Å². The van der Waals surface area contributed by atoms with Crippen molar-refractivity contribution < 1.29 is 37.8 Å². The van der Waals surface area contributed by atoms with Crippen molar-refractivity contribution >= 4 is 35.0 Å². The predicted octanol–water partition coefficient (Wildman–Crippen LogP) is 5.42. The van der Waals surface area contributed by atoms with Crippen molar-refractivity contribution in [1.82, 2.24) is 0 Å². The molecule has 1 atom stereocenters. The Morgan fingerprint density at radius 2 is 1.53 bits per heavy atom. The number of phenols is 1. The van der Waals surface area contributed by atoms with Crippen LogP contribution < -0.4 is 16.0 Å². The van der Waals surface area contributed by atoms with E-state index in [0.29, 0.717) is 16.9 Å². The topological polar surface area (TPSA) is 128 Å². The molecule has 36 heavy (non-hydrogen) atoms. The lowest BCUT2D eigenvalue weighted by molar-refractivity contribution is -0.138. The summed E-state index contributed by atoms with van der Waals surface area (Å²) in [5.41, 5.74) is -0.00164. The second-order valence-electron chi connectivity index (χ2n) is 7.88. The fourth-order valence-electron chi connectivity index (χ4n) is 3.33. The number of urea groups is 1. The number of alkyl halides is 3. The fourth-order valence-corrected chi connectivity index (χ4v) is 3.33. The Hall–Kier alpha value is -4.54. The largest absolute Gasteiger partial charge is 0.508 e. The summed E-state index contributed by atoms with van der Waals surface area (Å²) >= 11 is 0. The summed E-state index contributed by atoms with van der Waals surface area (Å²) < 4.78 is 39.2. The van der Waals surface area contributed by atoms with Gasteiger partial charge >= 0.3 is 18.2 Å². The first-order valence-corrected chi connectivity index (χ1v) is 10.6. The maximum Gasteiger partial charge on any atom is 0.418 e. The van der Waals surface area contributed by atoms with Gasteiger partial charge in [-0.3, -0.25) is 9.59 Å². The number of carboxylic acid groups (broad SMARTS) is 1. The Kier molecular flexibility index (Phi) is 7.83. The van der Waals surface area contributed by atoms with Crippen molar-refractivity contribution in [2.75, 3.05) is 16.0 Å². The molecule has 11 heteroatoms. The molecule has 0 radical (unpaired) electrons. The minimum Gasteiger partial charge on any atom is -0.508 e. The number of hydrogen-bond acceptors (Lipinski definition) is 4. The molecule has 0 aliphatic rings. The summed E-state index contributed by atoms with van der Waals surface area (Å²) in [4.78, 5) is 35.8. The van der Waals surface area contributed by atoms with E-state index in [1.807, 2.05) is 0 Å². The first kappa shape index (κ1) is 26.1. The summed E-state index contributed by atoms with van der Waals surface area (Å²) in [6, 6.07) is 14.0. The molecule has 3 amide bonds. The van der Waals surface area contributed by atoms with Gasteiger partial charge in [0.25, 0.3) is 0 Å². The van der Waals surface area contributed by atoms with E-state index in [0.717, 1.165) is 12.1 Å². The summed E-state index contributed by atoms with van der Waals surface area (Å²) in [5.74, 6) is -2.70.